The molecule has 66 valence electrons. The summed E-state index contributed by atoms with van der Waals surface area (Å²) in [5, 5.41) is 0. The molecule has 0 spiro atoms. The van der Waals surface area contributed by atoms with Gasteiger partial charge in [0.05, 0.1) is 0 Å². The van der Waals surface area contributed by atoms with Gasteiger partial charge in [0.2, 0.25) is 0 Å². The van der Waals surface area contributed by atoms with E-state index in [1.54, 1.807) is 0 Å². The smallest absolute Gasteiger partial charge is 0.192 e. The largest absolute Gasteiger partial charge is 0.427 e. The molecule has 0 heterocycles. The fourth-order valence-corrected chi connectivity index (χ4v) is 1.49. The molecule has 12 heavy (non-hydrogen) atoms. The zero-order chi connectivity index (χ0) is 8.97. The molecule has 4 heteroatoms. The molecule has 2 N–H and O–H groups in total. The molecule has 0 unspecified atom stereocenters. The Morgan fingerprint density at radius 3 is 2.58 bits per heavy atom. The van der Waals surface area contributed by atoms with E-state index in [9.17, 15) is 0 Å². The van der Waals surface area contributed by atoms with Crippen molar-refractivity contribution >= 4 is 23.0 Å². The van der Waals surface area contributed by atoms with Crippen molar-refractivity contribution < 1.29 is 7.90 Å². The molecule has 1 rings (SSSR count). The molecular weight excluding hydrogens is 269 g/mol. The number of hydrogen-bond donors (Lipinski definition) is 1. The molecule has 0 aromatic heterocycles. The van der Waals surface area contributed by atoms with Crippen molar-refractivity contribution in [2.75, 3.05) is 0 Å². The zero-order valence-electron chi connectivity index (χ0n) is 6.71. The zero-order valence-corrected chi connectivity index (χ0v) is 8.87. The summed E-state index contributed by atoms with van der Waals surface area (Å²) in [4.78, 5) is 4.70. The number of halogens is 1. The molecule has 0 aliphatic carbocycles. The number of hydrogen-bond acceptors (Lipinski definition) is 3. The summed E-state index contributed by atoms with van der Waals surface area (Å²) in [5.74, 6) is 6.57. The van der Waals surface area contributed by atoms with Gasteiger partial charge < -0.3 is 7.90 Å². The second-order valence-electron chi connectivity index (χ2n) is 2.28. The minimum absolute atomic E-state index is 0.673. The van der Waals surface area contributed by atoms with Crippen molar-refractivity contribution in [2.24, 2.45) is 5.90 Å². The lowest BCUT2D eigenvalue weighted by atomic mass is 10.1. The molecule has 0 amide bonds. The first-order valence-corrected chi connectivity index (χ1v) is 4.48. The van der Waals surface area contributed by atoms with E-state index in [0.29, 0.717) is 5.75 Å². The minimum Gasteiger partial charge on any atom is -0.427 e. The molecule has 0 bridgehead atoms. The Labute approximate surface area is 85.5 Å². The third-order valence-corrected chi connectivity index (χ3v) is 2.13. The van der Waals surface area contributed by atoms with Gasteiger partial charge in [-0.3, -0.25) is 0 Å². The Morgan fingerprint density at radius 2 is 2.08 bits per heavy atom. The molecule has 0 aliphatic rings. The van der Waals surface area contributed by atoms with Crippen LogP contribution >= 0.6 is 23.0 Å². The highest BCUT2D eigenvalue weighted by atomic mass is 127. The van der Waals surface area contributed by atoms with E-state index < -0.39 is 0 Å². The van der Waals surface area contributed by atoms with Crippen LogP contribution in [0.4, 0.5) is 0 Å². The van der Waals surface area contributed by atoms with Crippen LogP contribution in [0, 0.1) is 0 Å². The van der Waals surface area contributed by atoms with Crippen LogP contribution in [0.3, 0.4) is 0 Å². The Morgan fingerprint density at radius 1 is 1.42 bits per heavy atom. The second-order valence-corrected chi connectivity index (χ2v) is 2.72. The second kappa shape index (κ2) is 4.51. The first-order chi connectivity index (χ1) is 5.83. The molecule has 3 nitrogen and oxygen atoms in total. The van der Waals surface area contributed by atoms with Crippen LogP contribution in [0.1, 0.15) is 12.5 Å². The maximum absolute atomic E-state index is 5.11. The summed E-state index contributed by atoms with van der Waals surface area (Å²) >= 11 is 1.84. The topological polar surface area (TPSA) is 44.5 Å². The molecule has 0 saturated carbocycles. The van der Waals surface area contributed by atoms with Crippen LogP contribution in [-0.2, 0) is 6.42 Å². The Bertz CT molecular complexity index is 243. The van der Waals surface area contributed by atoms with Crippen molar-refractivity contribution in [3.8, 4) is 11.5 Å². The maximum Gasteiger partial charge on any atom is 0.192 e. The van der Waals surface area contributed by atoms with Crippen LogP contribution in [0.5, 0.6) is 11.5 Å². The van der Waals surface area contributed by atoms with Gasteiger partial charge in [-0.25, -0.2) is 0 Å². The summed E-state index contributed by atoms with van der Waals surface area (Å²) in [5.41, 5.74) is 0.995. The molecule has 1 aromatic carbocycles. The lowest BCUT2D eigenvalue weighted by Gasteiger charge is -2.08. The average molecular weight is 279 g/mol. The van der Waals surface area contributed by atoms with Gasteiger partial charge in [-0.05, 0) is 18.6 Å². The van der Waals surface area contributed by atoms with E-state index >= 15 is 0 Å². The van der Waals surface area contributed by atoms with E-state index in [0.717, 1.165) is 17.7 Å². The standard InChI is InChI=1S/C8H10INO2/c1-2-6-7(11-9)4-3-5-8(6)12-10/h3-5H,2,10H2,1H3. The number of rotatable bonds is 3. The van der Waals surface area contributed by atoms with Crippen LogP contribution in [0.15, 0.2) is 18.2 Å². The van der Waals surface area contributed by atoms with Gasteiger partial charge in [-0.15, -0.1) is 0 Å². The third-order valence-electron chi connectivity index (χ3n) is 1.65. The molecule has 0 saturated heterocycles. The Balaban J connectivity index is 3.13. The SMILES string of the molecule is CCc1c(ON)cccc1OI. The number of benzene rings is 1. The normalized spacial score (nSPS) is 9.58. The van der Waals surface area contributed by atoms with Crippen molar-refractivity contribution in [1.82, 2.24) is 0 Å². The third kappa shape index (κ3) is 1.81. The Kier molecular flexibility index (Phi) is 3.61. The molecule has 0 atom stereocenters. The van der Waals surface area contributed by atoms with Crippen LogP contribution in [0.25, 0.3) is 0 Å². The van der Waals surface area contributed by atoms with Crippen LogP contribution in [0.2, 0.25) is 0 Å². The van der Waals surface area contributed by atoms with E-state index in [-0.39, 0.29) is 0 Å². The van der Waals surface area contributed by atoms with Crippen molar-refractivity contribution in [3.05, 3.63) is 23.8 Å². The van der Waals surface area contributed by atoms with Crippen LogP contribution < -0.4 is 13.8 Å². The van der Waals surface area contributed by atoms with Gasteiger partial charge in [0.1, 0.15) is 5.75 Å². The highest BCUT2D eigenvalue weighted by Gasteiger charge is 2.07. The van der Waals surface area contributed by atoms with E-state index in [4.69, 9.17) is 13.8 Å². The maximum atomic E-state index is 5.11. The highest BCUT2D eigenvalue weighted by Crippen LogP contribution is 2.29. The molecule has 0 aliphatic heterocycles. The number of nitrogens with two attached hydrogens (primary N) is 1. The van der Waals surface area contributed by atoms with Gasteiger partial charge >= 0.3 is 0 Å². The average Bonchev–Trinajstić information content (AvgIpc) is 2.16. The van der Waals surface area contributed by atoms with E-state index in [2.05, 4.69) is 0 Å². The van der Waals surface area contributed by atoms with Gasteiger partial charge in [0.15, 0.2) is 28.8 Å². The highest BCUT2D eigenvalue weighted by molar-refractivity contribution is 14.1. The summed E-state index contributed by atoms with van der Waals surface area (Å²) in [6.45, 7) is 2.02. The minimum atomic E-state index is 0.673. The van der Waals surface area contributed by atoms with Gasteiger partial charge in [0.25, 0.3) is 0 Å². The first-order valence-electron chi connectivity index (χ1n) is 3.60. The fourth-order valence-electron chi connectivity index (χ4n) is 1.08. The Hall–Kier alpha value is -0.490. The monoisotopic (exact) mass is 279 g/mol. The van der Waals surface area contributed by atoms with Gasteiger partial charge in [-0.1, -0.05) is 13.0 Å². The van der Waals surface area contributed by atoms with Gasteiger partial charge in [0, 0.05) is 5.56 Å². The van der Waals surface area contributed by atoms with Crippen LogP contribution in [-0.4, -0.2) is 0 Å². The van der Waals surface area contributed by atoms with Crippen molar-refractivity contribution in [2.45, 2.75) is 13.3 Å². The molecule has 0 fully saturated rings. The van der Waals surface area contributed by atoms with E-state index in [1.165, 1.54) is 0 Å². The summed E-state index contributed by atoms with van der Waals surface area (Å²) in [6, 6.07) is 5.54. The fraction of sp³-hybridized carbons (Fsp3) is 0.250. The van der Waals surface area contributed by atoms with E-state index in [1.807, 2.05) is 48.1 Å². The van der Waals surface area contributed by atoms with Crippen molar-refractivity contribution in [1.29, 1.82) is 0 Å². The lowest BCUT2D eigenvalue weighted by molar-refractivity contribution is 0.330. The summed E-state index contributed by atoms with van der Waals surface area (Å²) < 4.78 is 5.11. The molecule has 0 radical (unpaired) electrons. The van der Waals surface area contributed by atoms with Gasteiger partial charge in [-0.2, -0.15) is 5.90 Å². The molecular formula is C8H10INO2. The predicted molar refractivity (Wildman–Crippen MR) is 55.3 cm³/mol. The quantitative estimate of drug-likeness (QED) is 0.681. The summed E-state index contributed by atoms with van der Waals surface area (Å²) in [7, 11) is 0. The molecule has 1 aromatic rings. The predicted octanol–water partition coefficient (Wildman–Crippen LogP) is 2.23. The first kappa shape index (κ1) is 9.60. The lowest BCUT2D eigenvalue weighted by Crippen LogP contribution is -2.04. The summed E-state index contributed by atoms with van der Waals surface area (Å²) in [6.07, 6.45) is 0.839. The van der Waals surface area contributed by atoms with Crippen molar-refractivity contribution in [3.63, 3.8) is 0 Å².